The van der Waals surface area contributed by atoms with Gasteiger partial charge in [-0.3, -0.25) is 9.59 Å². The number of hydrogen-bond donors (Lipinski definition) is 1. The summed E-state index contributed by atoms with van der Waals surface area (Å²) >= 11 is 1.59. The average Bonchev–Trinajstić information content (AvgIpc) is 3.24. The molecule has 0 unspecified atom stereocenters. The summed E-state index contributed by atoms with van der Waals surface area (Å²) < 4.78 is 0.670. The van der Waals surface area contributed by atoms with E-state index < -0.39 is 0 Å². The summed E-state index contributed by atoms with van der Waals surface area (Å²) in [6.07, 6.45) is 12.3. The highest BCUT2D eigenvalue weighted by atomic mass is 35.5. The van der Waals surface area contributed by atoms with Crippen molar-refractivity contribution in [1.82, 2.24) is 0 Å². The number of hydrogen-bond acceptors (Lipinski definition) is 3. The number of ketones is 1. The van der Waals surface area contributed by atoms with Gasteiger partial charge in [0.2, 0.25) is 0 Å². The minimum atomic E-state index is -0.0699. The molecule has 1 aromatic heterocycles. The maximum atomic E-state index is 12.6. The highest BCUT2D eigenvalue weighted by Gasteiger charge is 2.20. The minimum absolute atomic E-state index is 0. The lowest BCUT2D eigenvalue weighted by molar-refractivity contribution is -0.882. The van der Waals surface area contributed by atoms with Crippen molar-refractivity contribution in [3.8, 4) is 0 Å². The largest absolute Gasteiger partial charge is 1.00 e. The molecule has 1 N–H and O–H groups in total. The van der Waals surface area contributed by atoms with Gasteiger partial charge in [-0.05, 0) is 48.6 Å². The number of allylic oxidation sites excluding steroid dienone is 1. The van der Waals surface area contributed by atoms with Gasteiger partial charge in [-0.1, -0.05) is 57.2 Å². The SMILES string of the molecule is CCCCCCCCC[N+](C)(C)CC(=O)Nc1cccc(C(=O)/C=C/c2cccs2)c1.[Cl-]. The summed E-state index contributed by atoms with van der Waals surface area (Å²) in [6.45, 7) is 3.65. The molecule has 0 fully saturated rings. The lowest BCUT2D eigenvalue weighted by atomic mass is 10.1. The van der Waals surface area contributed by atoms with Gasteiger partial charge in [0.05, 0.1) is 20.6 Å². The van der Waals surface area contributed by atoms with Gasteiger partial charge in [0.25, 0.3) is 5.91 Å². The van der Waals surface area contributed by atoms with Crippen LogP contribution in [0.4, 0.5) is 5.69 Å². The highest BCUT2D eigenvalue weighted by molar-refractivity contribution is 7.10. The Morgan fingerprint density at radius 3 is 2.41 bits per heavy atom. The molecule has 2 aromatic rings. The zero-order chi connectivity index (χ0) is 22.5. The van der Waals surface area contributed by atoms with Crippen molar-refractivity contribution in [3.05, 3.63) is 58.3 Å². The van der Waals surface area contributed by atoms with Crippen LogP contribution >= 0.6 is 11.3 Å². The van der Waals surface area contributed by atoms with Crippen molar-refractivity contribution in [2.75, 3.05) is 32.5 Å². The Balaban J connectivity index is 0.00000512. The third-order valence-corrected chi connectivity index (χ3v) is 6.15. The van der Waals surface area contributed by atoms with Crippen molar-refractivity contribution in [2.45, 2.75) is 51.9 Å². The van der Waals surface area contributed by atoms with E-state index in [0.717, 1.165) is 17.8 Å². The van der Waals surface area contributed by atoms with Gasteiger partial charge in [0, 0.05) is 16.1 Å². The Labute approximate surface area is 203 Å². The van der Waals surface area contributed by atoms with Crippen LogP contribution in [0, 0.1) is 0 Å². The molecule has 32 heavy (non-hydrogen) atoms. The maximum absolute atomic E-state index is 12.6. The van der Waals surface area contributed by atoms with E-state index in [4.69, 9.17) is 0 Å². The van der Waals surface area contributed by atoms with Crippen LogP contribution in [0.3, 0.4) is 0 Å². The quantitative estimate of drug-likeness (QED) is 0.196. The molecule has 4 nitrogen and oxygen atoms in total. The fraction of sp³-hybridized carbons (Fsp3) is 0.462. The summed E-state index contributed by atoms with van der Waals surface area (Å²) in [5, 5.41) is 4.94. The van der Waals surface area contributed by atoms with E-state index in [-0.39, 0.29) is 24.1 Å². The third kappa shape index (κ3) is 11.1. The Hall–Kier alpha value is -1.95. The number of carbonyl (C=O) groups excluding carboxylic acids is 2. The van der Waals surface area contributed by atoms with Gasteiger partial charge in [-0.2, -0.15) is 0 Å². The van der Waals surface area contributed by atoms with E-state index in [0.29, 0.717) is 22.3 Å². The number of rotatable bonds is 14. The Kier molecular flexibility index (Phi) is 13.2. The van der Waals surface area contributed by atoms with Gasteiger partial charge < -0.3 is 22.2 Å². The van der Waals surface area contributed by atoms with E-state index in [1.54, 1.807) is 35.6 Å². The van der Waals surface area contributed by atoms with Gasteiger partial charge in [0.15, 0.2) is 12.3 Å². The molecule has 0 saturated heterocycles. The Morgan fingerprint density at radius 2 is 1.72 bits per heavy atom. The summed E-state index contributed by atoms with van der Waals surface area (Å²) in [5.74, 6) is -0.0915. The van der Waals surface area contributed by atoms with Crippen LogP contribution in [0.25, 0.3) is 6.08 Å². The molecule has 0 saturated carbocycles. The summed E-state index contributed by atoms with van der Waals surface area (Å²) in [5.41, 5.74) is 1.23. The number of unbranched alkanes of at least 4 members (excludes halogenated alkanes) is 6. The number of nitrogens with zero attached hydrogens (tertiary/aromatic N) is 1. The van der Waals surface area contributed by atoms with Crippen LogP contribution < -0.4 is 17.7 Å². The number of nitrogens with one attached hydrogen (secondary N) is 1. The molecule has 0 aliphatic carbocycles. The topological polar surface area (TPSA) is 46.2 Å². The van der Waals surface area contributed by atoms with Crippen LogP contribution in [0.15, 0.2) is 47.9 Å². The normalized spacial score (nSPS) is 11.3. The van der Waals surface area contributed by atoms with Gasteiger partial charge in [0.1, 0.15) is 0 Å². The smallest absolute Gasteiger partial charge is 0.279 e. The first-order valence-corrected chi connectivity index (χ1v) is 12.3. The maximum Gasteiger partial charge on any atom is 0.279 e. The Morgan fingerprint density at radius 1 is 1.00 bits per heavy atom. The first kappa shape index (κ1) is 28.1. The minimum Gasteiger partial charge on any atom is -1.00 e. The molecule has 0 bridgehead atoms. The molecule has 0 atom stereocenters. The number of anilines is 1. The molecule has 0 spiro atoms. The summed E-state index contributed by atoms with van der Waals surface area (Å²) in [6, 6.07) is 11.1. The standard InChI is InChI=1S/C26H36N2O2S.ClH/c1-4-5-6-7-8-9-10-18-28(2,3)21-26(30)27-23-14-11-13-22(20-23)25(29)17-16-24-15-12-19-31-24;/h11-17,19-20H,4-10,18,21H2,1-3H3;1H/b17-16+;. The Bertz CT molecular complexity index is 847. The molecule has 0 aliphatic rings. The van der Waals surface area contributed by atoms with E-state index in [1.165, 1.54) is 38.5 Å². The number of benzene rings is 1. The second-order valence-electron chi connectivity index (χ2n) is 8.78. The van der Waals surface area contributed by atoms with Crippen molar-refractivity contribution in [3.63, 3.8) is 0 Å². The van der Waals surface area contributed by atoms with Gasteiger partial charge >= 0.3 is 0 Å². The van der Waals surface area contributed by atoms with Crippen molar-refractivity contribution < 1.29 is 26.5 Å². The van der Waals surface area contributed by atoms with E-state index in [2.05, 4.69) is 26.3 Å². The molecule has 1 amide bonds. The van der Waals surface area contributed by atoms with Crippen LogP contribution in [0.5, 0.6) is 0 Å². The molecular weight excluding hydrogens is 440 g/mol. The summed E-state index contributed by atoms with van der Waals surface area (Å²) in [7, 11) is 4.21. The monoisotopic (exact) mass is 476 g/mol. The lowest BCUT2D eigenvalue weighted by Gasteiger charge is -2.29. The van der Waals surface area contributed by atoms with Crippen molar-refractivity contribution in [2.24, 2.45) is 0 Å². The summed E-state index contributed by atoms with van der Waals surface area (Å²) in [4.78, 5) is 26.1. The van der Waals surface area contributed by atoms with Crippen LogP contribution in [-0.2, 0) is 4.79 Å². The van der Waals surface area contributed by atoms with Crippen LogP contribution in [-0.4, -0.2) is 43.4 Å². The molecular formula is C26H37ClN2O2S. The van der Waals surface area contributed by atoms with E-state index in [1.807, 2.05) is 29.7 Å². The third-order valence-electron chi connectivity index (χ3n) is 5.31. The van der Waals surface area contributed by atoms with Gasteiger partial charge in [-0.15, -0.1) is 11.3 Å². The lowest BCUT2D eigenvalue weighted by Crippen LogP contribution is -3.00. The molecule has 176 valence electrons. The molecule has 1 aromatic carbocycles. The zero-order valence-corrected chi connectivity index (χ0v) is 21.2. The number of carbonyl (C=O) groups is 2. The fourth-order valence-corrected chi connectivity index (χ4v) is 4.17. The van der Waals surface area contributed by atoms with Crippen LogP contribution in [0.1, 0.15) is 67.1 Å². The second-order valence-corrected chi connectivity index (χ2v) is 9.76. The number of likely N-dealkylation sites (N-methyl/N-ethyl adjacent to an activating group) is 1. The average molecular weight is 477 g/mol. The molecule has 6 heteroatoms. The number of halogens is 1. The predicted molar refractivity (Wildman–Crippen MR) is 133 cm³/mol. The predicted octanol–water partition coefficient (Wildman–Crippen LogP) is 3.41. The molecule has 1 heterocycles. The molecule has 2 rings (SSSR count). The van der Waals surface area contributed by atoms with E-state index >= 15 is 0 Å². The van der Waals surface area contributed by atoms with E-state index in [9.17, 15) is 9.59 Å². The first-order chi connectivity index (χ1) is 14.9. The van der Waals surface area contributed by atoms with Gasteiger partial charge in [-0.25, -0.2) is 0 Å². The molecule has 0 radical (unpaired) electrons. The number of thiophene rings is 1. The highest BCUT2D eigenvalue weighted by Crippen LogP contribution is 2.15. The molecule has 0 aliphatic heterocycles. The number of quaternary nitrogens is 1. The van der Waals surface area contributed by atoms with Crippen molar-refractivity contribution >= 4 is 34.8 Å². The second kappa shape index (κ2) is 15.0. The number of amides is 1. The van der Waals surface area contributed by atoms with Crippen molar-refractivity contribution in [1.29, 1.82) is 0 Å². The van der Waals surface area contributed by atoms with Crippen LogP contribution in [0.2, 0.25) is 0 Å². The fourth-order valence-electron chi connectivity index (χ4n) is 3.56. The first-order valence-electron chi connectivity index (χ1n) is 11.4. The zero-order valence-electron chi connectivity index (χ0n) is 19.6.